The van der Waals surface area contributed by atoms with E-state index in [-0.39, 0.29) is 24.3 Å². The van der Waals surface area contributed by atoms with E-state index in [4.69, 9.17) is 4.84 Å². The molecule has 1 unspecified atom stereocenters. The molecule has 9 heteroatoms. The van der Waals surface area contributed by atoms with Gasteiger partial charge in [0.25, 0.3) is 0 Å². The van der Waals surface area contributed by atoms with Crippen molar-refractivity contribution in [2.75, 3.05) is 6.61 Å². The molecule has 0 aliphatic carbocycles. The first kappa shape index (κ1) is 18.2. The fourth-order valence-corrected chi connectivity index (χ4v) is 2.19. The zero-order valence-corrected chi connectivity index (χ0v) is 12.6. The van der Waals surface area contributed by atoms with E-state index >= 15 is 0 Å². The molecule has 0 saturated carbocycles. The number of carbonyl (C=O) groups is 1. The van der Waals surface area contributed by atoms with E-state index in [9.17, 15) is 26.7 Å². The normalized spacial score (nSPS) is 18.1. The van der Waals surface area contributed by atoms with Gasteiger partial charge in [-0.2, -0.15) is 22.0 Å². The van der Waals surface area contributed by atoms with E-state index in [1.54, 1.807) is 0 Å². The molecule has 132 valence electrons. The van der Waals surface area contributed by atoms with Gasteiger partial charge in [-0.25, -0.2) is 4.79 Å². The minimum atomic E-state index is -4.52. The Morgan fingerprint density at radius 1 is 1.33 bits per heavy atom. The molecule has 1 aromatic carbocycles. The molecule has 1 aliphatic heterocycles. The molecule has 4 nitrogen and oxygen atoms in total. The van der Waals surface area contributed by atoms with Crippen LogP contribution in [-0.2, 0) is 20.5 Å². The summed E-state index contributed by atoms with van der Waals surface area (Å²) in [6, 6.07) is 4.34. The van der Waals surface area contributed by atoms with Crippen LogP contribution in [-0.4, -0.2) is 30.3 Å². The van der Waals surface area contributed by atoms with Gasteiger partial charge in [0.15, 0.2) is 0 Å². The first-order chi connectivity index (χ1) is 11.1. The van der Waals surface area contributed by atoms with Gasteiger partial charge in [-0.1, -0.05) is 17.3 Å². The summed E-state index contributed by atoms with van der Waals surface area (Å²) in [7, 11) is 0. The monoisotopic (exact) mass is 351 g/mol. The van der Waals surface area contributed by atoms with Gasteiger partial charge in [0.05, 0.1) is 24.3 Å². The maximum Gasteiger partial charge on any atom is 0.416 e. The summed E-state index contributed by atoms with van der Waals surface area (Å²) in [5.41, 5.74) is -0.625. The number of hydrogen-bond acceptors (Lipinski definition) is 4. The largest absolute Gasteiger partial charge is 0.462 e. The number of ether oxygens (including phenoxy) is 1. The van der Waals surface area contributed by atoms with E-state index < -0.39 is 36.2 Å². The molecule has 1 aliphatic rings. The highest BCUT2D eigenvalue weighted by atomic mass is 19.4. The number of esters is 1. The van der Waals surface area contributed by atoms with E-state index in [2.05, 4.69) is 9.89 Å². The summed E-state index contributed by atoms with van der Waals surface area (Å²) < 4.78 is 69.7. The zero-order valence-electron chi connectivity index (χ0n) is 12.6. The Bertz CT molecular complexity index is 642. The molecule has 0 spiro atoms. The standard InChI is InChI=1S/C15H14F5NO3/c1-2-23-13(22)14(16,17)8-11-7-12(21-24-11)9-4-3-5-10(6-9)15(18,19)20/h3-6,11H,2,7-8H2,1H3. The third-order valence-electron chi connectivity index (χ3n) is 3.31. The lowest BCUT2D eigenvalue weighted by molar-refractivity contribution is -0.176. The highest BCUT2D eigenvalue weighted by molar-refractivity contribution is 6.01. The highest BCUT2D eigenvalue weighted by Crippen LogP contribution is 2.32. The van der Waals surface area contributed by atoms with Crippen molar-refractivity contribution in [3.05, 3.63) is 35.4 Å². The number of benzene rings is 1. The van der Waals surface area contributed by atoms with Crippen LogP contribution in [0.1, 0.15) is 30.9 Å². The molecule has 0 bridgehead atoms. The summed E-state index contributed by atoms with van der Waals surface area (Å²) in [4.78, 5) is 16.0. The Kier molecular flexibility index (Phi) is 5.10. The van der Waals surface area contributed by atoms with Crippen LogP contribution in [0.5, 0.6) is 0 Å². The number of nitrogens with zero attached hydrogens (tertiary/aromatic N) is 1. The predicted molar refractivity (Wildman–Crippen MR) is 73.7 cm³/mol. The van der Waals surface area contributed by atoms with Crippen LogP contribution in [0, 0.1) is 0 Å². The Morgan fingerprint density at radius 2 is 2.04 bits per heavy atom. The summed E-state index contributed by atoms with van der Waals surface area (Å²) in [5.74, 6) is -5.42. The molecular weight excluding hydrogens is 337 g/mol. The number of halogens is 5. The van der Waals surface area contributed by atoms with Crippen molar-refractivity contribution in [2.45, 2.75) is 38.0 Å². The van der Waals surface area contributed by atoms with Crippen LogP contribution in [0.25, 0.3) is 0 Å². The number of oxime groups is 1. The molecular formula is C15H14F5NO3. The summed E-state index contributed by atoms with van der Waals surface area (Å²) >= 11 is 0. The van der Waals surface area contributed by atoms with Crippen molar-refractivity contribution >= 4 is 11.7 Å². The molecule has 1 heterocycles. The number of hydrogen-bond donors (Lipinski definition) is 0. The first-order valence-corrected chi connectivity index (χ1v) is 7.09. The second-order valence-electron chi connectivity index (χ2n) is 5.18. The Morgan fingerprint density at radius 3 is 2.67 bits per heavy atom. The molecule has 0 N–H and O–H groups in total. The molecule has 0 radical (unpaired) electrons. The van der Waals surface area contributed by atoms with Crippen molar-refractivity contribution < 1.29 is 36.3 Å². The van der Waals surface area contributed by atoms with Gasteiger partial charge in [-0.3, -0.25) is 0 Å². The van der Waals surface area contributed by atoms with Gasteiger partial charge in [0, 0.05) is 12.0 Å². The van der Waals surface area contributed by atoms with Gasteiger partial charge >= 0.3 is 18.1 Å². The molecule has 0 fully saturated rings. The van der Waals surface area contributed by atoms with Gasteiger partial charge < -0.3 is 9.57 Å². The minimum Gasteiger partial charge on any atom is -0.462 e. The number of alkyl halides is 5. The second kappa shape index (κ2) is 6.74. The average Bonchev–Trinajstić information content (AvgIpc) is 2.94. The lowest BCUT2D eigenvalue weighted by atomic mass is 9.99. The van der Waals surface area contributed by atoms with E-state index in [1.807, 2.05) is 0 Å². The molecule has 2 rings (SSSR count). The van der Waals surface area contributed by atoms with Crippen LogP contribution in [0.4, 0.5) is 22.0 Å². The maximum absolute atomic E-state index is 13.7. The third kappa shape index (κ3) is 4.21. The first-order valence-electron chi connectivity index (χ1n) is 7.09. The van der Waals surface area contributed by atoms with Crippen molar-refractivity contribution in [3.63, 3.8) is 0 Å². The fourth-order valence-electron chi connectivity index (χ4n) is 2.19. The molecule has 0 aromatic heterocycles. The number of carbonyl (C=O) groups excluding carboxylic acids is 1. The molecule has 24 heavy (non-hydrogen) atoms. The minimum absolute atomic E-state index is 0.116. The van der Waals surface area contributed by atoms with Crippen molar-refractivity contribution in [3.8, 4) is 0 Å². The van der Waals surface area contributed by atoms with Crippen LogP contribution < -0.4 is 0 Å². The third-order valence-corrected chi connectivity index (χ3v) is 3.31. The SMILES string of the molecule is CCOC(=O)C(F)(F)CC1CC(c2cccc(C(F)(F)F)c2)=NO1. The van der Waals surface area contributed by atoms with Gasteiger partial charge in [-0.15, -0.1) is 0 Å². The summed E-state index contributed by atoms with van der Waals surface area (Å²) in [6.07, 6.45) is -6.73. The molecule has 1 atom stereocenters. The Hall–Kier alpha value is -2.19. The van der Waals surface area contributed by atoms with Crippen LogP contribution in [0.15, 0.2) is 29.4 Å². The highest BCUT2D eigenvalue weighted by Gasteiger charge is 2.45. The van der Waals surface area contributed by atoms with Crippen molar-refractivity contribution in [1.29, 1.82) is 0 Å². The topological polar surface area (TPSA) is 47.9 Å². The summed E-state index contributed by atoms with van der Waals surface area (Å²) in [5, 5.41) is 3.56. The lowest BCUT2D eigenvalue weighted by Gasteiger charge is -2.17. The van der Waals surface area contributed by atoms with Crippen LogP contribution >= 0.6 is 0 Å². The van der Waals surface area contributed by atoms with Crippen molar-refractivity contribution in [2.24, 2.45) is 5.16 Å². The van der Waals surface area contributed by atoms with E-state index in [0.29, 0.717) is 0 Å². The van der Waals surface area contributed by atoms with Gasteiger partial charge in [0.1, 0.15) is 6.10 Å². The van der Waals surface area contributed by atoms with Crippen LogP contribution in [0.3, 0.4) is 0 Å². The van der Waals surface area contributed by atoms with E-state index in [1.165, 1.54) is 19.1 Å². The predicted octanol–water partition coefficient (Wildman–Crippen LogP) is 3.79. The van der Waals surface area contributed by atoms with Gasteiger partial charge in [-0.05, 0) is 19.1 Å². The average molecular weight is 351 g/mol. The lowest BCUT2D eigenvalue weighted by Crippen LogP contribution is -2.35. The summed E-state index contributed by atoms with van der Waals surface area (Å²) in [6.45, 7) is 1.21. The zero-order chi connectivity index (χ0) is 18.0. The number of rotatable bonds is 5. The van der Waals surface area contributed by atoms with E-state index in [0.717, 1.165) is 12.1 Å². The fraction of sp³-hybridized carbons (Fsp3) is 0.467. The van der Waals surface area contributed by atoms with Crippen LogP contribution in [0.2, 0.25) is 0 Å². The molecule has 0 saturated heterocycles. The quantitative estimate of drug-likeness (QED) is 0.599. The van der Waals surface area contributed by atoms with Crippen molar-refractivity contribution in [1.82, 2.24) is 0 Å². The second-order valence-corrected chi connectivity index (χ2v) is 5.18. The van der Waals surface area contributed by atoms with Gasteiger partial charge in [0.2, 0.25) is 0 Å². The molecule has 1 aromatic rings. The Labute approximate surface area is 134 Å². The maximum atomic E-state index is 13.7. The Balaban J connectivity index is 2.04. The smallest absolute Gasteiger partial charge is 0.416 e. The molecule has 0 amide bonds.